The van der Waals surface area contributed by atoms with Crippen molar-refractivity contribution < 1.29 is 14.3 Å². The number of likely N-dealkylation sites (tertiary alicyclic amines) is 1. The van der Waals surface area contributed by atoms with Crippen molar-refractivity contribution in [1.82, 2.24) is 19.7 Å². The normalized spacial score (nSPS) is 21.5. The number of carbonyl (C=O) groups excluding carboxylic acids is 2. The van der Waals surface area contributed by atoms with Crippen molar-refractivity contribution in [3.63, 3.8) is 0 Å². The first-order valence-corrected chi connectivity index (χ1v) is 9.31. The fourth-order valence-corrected chi connectivity index (χ4v) is 3.50. The highest BCUT2D eigenvalue weighted by molar-refractivity contribution is 5.92. The number of rotatable bonds is 4. The largest absolute Gasteiger partial charge is 0.378 e. The van der Waals surface area contributed by atoms with Crippen molar-refractivity contribution in [3.05, 3.63) is 29.6 Å². The molecule has 2 fully saturated rings. The third kappa shape index (κ3) is 4.59. The summed E-state index contributed by atoms with van der Waals surface area (Å²) >= 11 is 0. The van der Waals surface area contributed by atoms with E-state index in [0.29, 0.717) is 38.5 Å². The summed E-state index contributed by atoms with van der Waals surface area (Å²) in [6, 6.07) is 5.70. The molecule has 0 spiro atoms. The van der Waals surface area contributed by atoms with Crippen molar-refractivity contribution in [2.75, 3.05) is 60.0 Å². The minimum absolute atomic E-state index is 0.0226. The smallest absolute Gasteiger partial charge is 0.272 e. The molecule has 0 radical (unpaired) electrons. The van der Waals surface area contributed by atoms with Crippen LogP contribution < -0.4 is 0 Å². The van der Waals surface area contributed by atoms with Crippen LogP contribution in [0.1, 0.15) is 34.9 Å². The molecule has 2 amide bonds. The Morgan fingerprint density at radius 1 is 1.23 bits per heavy atom. The van der Waals surface area contributed by atoms with Gasteiger partial charge in [-0.25, -0.2) is 4.98 Å². The Morgan fingerprint density at radius 2 is 2.00 bits per heavy atom. The van der Waals surface area contributed by atoms with Gasteiger partial charge in [0.25, 0.3) is 5.91 Å². The van der Waals surface area contributed by atoms with Crippen LogP contribution in [0, 0.1) is 0 Å². The first-order valence-electron chi connectivity index (χ1n) is 9.31. The van der Waals surface area contributed by atoms with Gasteiger partial charge in [0.15, 0.2) is 0 Å². The maximum Gasteiger partial charge on any atom is 0.272 e. The lowest BCUT2D eigenvalue weighted by Gasteiger charge is -2.32. The zero-order valence-electron chi connectivity index (χ0n) is 15.7. The molecule has 0 saturated carbocycles. The number of amides is 2. The van der Waals surface area contributed by atoms with Gasteiger partial charge >= 0.3 is 0 Å². The molecule has 3 rings (SSSR count). The number of aromatic nitrogens is 1. The van der Waals surface area contributed by atoms with Crippen LogP contribution >= 0.6 is 0 Å². The third-order valence-corrected chi connectivity index (χ3v) is 5.07. The molecule has 0 unspecified atom stereocenters. The van der Waals surface area contributed by atoms with Gasteiger partial charge in [0, 0.05) is 45.3 Å². The molecule has 2 aliphatic heterocycles. The van der Waals surface area contributed by atoms with Crippen LogP contribution in [0.25, 0.3) is 0 Å². The molecule has 2 saturated heterocycles. The summed E-state index contributed by atoms with van der Waals surface area (Å²) < 4.78 is 5.31. The van der Waals surface area contributed by atoms with E-state index in [-0.39, 0.29) is 17.7 Å². The van der Waals surface area contributed by atoms with Gasteiger partial charge in [0.2, 0.25) is 5.91 Å². The fraction of sp³-hybridized carbons (Fsp3) is 0.632. The summed E-state index contributed by atoms with van der Waals surface area (Å²) in [5.41, 5.74) is 1.46. The van der Waals surface area contributed by atoms with Crippen molar-refractivity contribution in [2.45, 2.75) is 18.8 Å². The quantitative estimate of drug-likeness (QED) is 0.795. The standard InChI is InChI=1S/C19H28N4O3/c1-21(2)18(24)14-22-8-4-5-15(13-22)16-6-3-7-17(20-16)19(25)23-9-11-26-12-10-23/h3,6-7,15H,4-5,8-14H2,1-2H3/t15-/m0/s1. The van der Waals surface area contributed by atoms with Gasteiger partial charge in [0.1, 0.15) is 5.69 Å². The Balaban J connectivity index is 1.67. The molecule has 1 atom stereocenters. The summed E-state index contributed by atoms with van der Waals surface area (Å²) in [5.74, 6) is 0.358. The molecule has 142 valence electrons. The van der Waals surface area contributed by atoms with Crippen molar-refractivity contribution in [2.24, 2.45) is 0 Å². The van der Waals surface area contributed by atoms with E-state index in [9.17, 15) is 9.59 Å². The zero-order valence-corrected chi connectivity index (χ0v) is 15.7. The van der Waals surface area contributed by atoms with Crippen molar-refractivity contribution in [3.8, 4) is 0 Å². The van der Waals surface area contributed by atoms with Gasteiger partial charge in [-0.3, -0.25) is 14.5 Å². The number of pyridine rings is 1. The highest BCUT2D eigenvalue weighted by Gasteiger charge is 2.26. The maximum atomic E-state index is 12.7. The van der Waals surface area contributed by atoms with Gasteiger partial charge < -0.3 is 14.5 Å². The van der Waals surface area contributed by atoms with Gasteiger partial charge in [-0.05, 0) is 31.5 Å². The van der Waals surface area contributed by atoms with E-state index in [2.05, 4.69) is 9.88 Å². The molecular weight excluding hydrogens is 332 g/mol. The molecular formula is C19H28N4O3. The summed E-state index contributed by atoms with van der Waals surface area (Å²) in [6.07, 6.45) is 2.07. The van der Waals surface area contributed by atoms with Crippen molar-refractivity contribution >= 4 is 11.8 Å². The molecule has 0 N–H and O–H groups in total. The summed E-state index contributed by atoms with van der Waals surface area (Å²) in [6.45, 7) is 4.59. The van der Waals surface area contributed by atoms with E-state index < -0.39 is 0 Å². The second-order valence-corrected chi connectivity index (χ2v) is 7.21. The predicted octanol–water partition coefficient (Wildman–Crippen LogP) is 0.822. The molecule has 0 bridgehead atoms. The van der Waals surface area contributed by atoms with Crippen LogP contribution in [-0.4, -0.2) is 91.5 Å². The Hall–Kier alpha value is -1.99. The lowest BCUT2D eigenvalue weighted by molar-refractivity contribution is -0.130. The SMILES string of the molecule is CN(C)C(=O)CN1CCC[C@H](c2cccc(C(=O)N3CCOCC3)n2)C1. The highest BCUT2D eigenvalue weighted by Crippen LogP contribution is 2.26. The van der Waals surface area contributed by atoms with Gasteiger partial charge in [-0.2, -0.15) is 0 Å². The Bertz CT molecular complexity index is 643. The Morgan fingerprint density at radius 3 is 2.73 bits per heavy atom. The average molecular weight is 360 g/mol. The van der Waals surface area contributed by atoms with E-state index in [1.807, 2.05) is 12.1 Å². The molecule has 0 aliphatic carbocycles. The van der Waals surface area contributed by atoms with Gasteiger partial charge in [-0.1, -0.05) is 6.07 Å². The number of carbonyl (C=O) groups is 2. The molecule has 0 aromatic carbocycles. The minimum atomic E-state index is -0.0226. The molecule has 1 aromatic heterocycles. The summed E-state index contributed by atoms with van der Waals surface area (Å²) in [7, 11) is 3.57. The highest BCUT2D eigenvalue weighted by atomic mass is 16.5. The number of piperidine rings is 1. The molecule has 7 heteroatoms. The van der Waals surface area contributed by atoms with Crippen molar-refractivity contribution in [1.29, 1.82) is 0 Å². The van der Waals surface area contributed by atoms with Crippen LogP contribution in [0.5, 0.6) is 0 Å². The van der Waals surface area contributed by atoms with E-state index in [1.165, 1.54) is 0 Å². The second-order valence-electron chi connectivity index (χ2n) is 7.21. The molecule has 3 heterocycles. The van der Waals surface area contributed by atoms with Crippen LogP contribution in [0.15, 0.2) is 18.2 Å². The minimum Gasteiger partial charge on any atom is -0.378 e. The number of nitrogens with zero attached hydrogens (tertiary/aromatic N) is 4. The number of ether oxygens (including phenoxy) is 1. The molecule has 2 aliphatic rings. The first kappa shape index (κ1) is 18.8. The van der Waals surface area contributed by atoms with Gasteiger partial charge in [0.05, 0.1) is 19.8 Å². The maximum absolute atomic E-state index is 12.7. The fourth-order valence-electron chi connectivity index (χ4n) is 3.50. The monoisotopic (exact) mass is 360 g/mol. The second kappa shape index (κ2) is 8.60. The number of morpholine rings is 1. The zero-order chi connectivity index (χ0) is 18.5. The van der Waals surface area contributed by atoms with E-state index in [4.69, 9.17) is 4.74 Å². The number of likely N-dealkylation sites (N-methyl/N-ethyl adjacent to an activating group) is 1. The van der Waals surface area contributed by atoms with Crippen LogP contribution in [-0.2, 0) is 9.53 Å². The van der Waals surface area contributed by atoms with E-state index in [0.717, 1.165) is 31.6 Å². The summed E-state index contributed by atoms with van der Waals surface area (Å²) in [4.78, 5) is 34.9. The molecule has 1 aromatic rings. The van der Waals surface area contributed by atoms with E-state index in [1.54, 1.807) is 30.0 Å². The average Bonchev–Trinajstić information content (AvgIpc) is 2.68. The summed E-state index contributed by atoms with van der Waals surface area (Å²) in [5, 5.41) is 0. The van der Waals surface area contributed by atoms with E-state index >= 15 is 0 Å². The van der Waals surface area contributed by atoms with Crippen LogP contribution in [0.4, 0.5) is 0 Å². The first-order chi connectivity index (χ1) is 12.5. The van der Waals surface area contributed by atoms with Crippen LogP contribution in [0.3, 0.4) is 0 Å². The lowest BCUT2D eigenvalue weighted by Crippen LogP contribution is -2.42. The number of hydrogen-bond donors (Lipinski definition) is 0. The molecule has 26 heavy (non-hydrogen) atoms. The Labute approximate surface area is 154 Å². The third-order valence-electron chi connectivity index (χ3n) is 5.07. The van der Waals surface area contributed by atoms with Gasteiger partial charge in [-0.15, -0.1) is 0 Å². The number of hydrogen-bond acceptors (Lipinski definition) is 5. The van der Waals surface area contributed by atoms with Crippen LogP contribution in [0.2, 0.25) is 0 Å². The lowest BCUT2D eigenvalue weighted by atomic mass is 9.94. The topological polar surface area (TPSA) is 66.0 Å². The molecule has 7 nitrogen and oxygen atoms in total. The predicted molar refractivity (Wildman–Crippen MR) is 98.1 cm³/mol. The Kier molecular flexibility index (Phi) is 6.21.